The van der Waals surface area contributed by atoms with E-state index in [-0.39, 0.29) is 36.5 Å². The van der Waals surface area contributed by atoms with Crippen molar-refractivity contribution in [3.63, 3.8) is 0 Å². The number of benzene rings is 3. The van der Waals surface area contributed by atoms with Gasteiger partial charge in [0.2, 0.25) is 0 Å². The normalized spacial score (nSPS) is 12.7. The first-order valence-corrected chi connectivity index (χ1v) is 22.8. The number of halogens is 2. The molecule has 0 atom stereocenters. The van der Waals surface area contributed by atoms with Gasteiger partial charge in [0.15, 0.2) is 0 Å². The van der Waals surface area contributed by atoms with Crippen LogP contribution in [0.5, 0.6) is 0 Å². The van der Waals surface area contributed by atoms with Gasteiger partial charge in [-0.2, -0.15) is 0 Å². The Labute approximate surface area is 428 Å². The second-order valence-electron chi connectivity index (χ2n) is 15.5. The Hall–Kier alpha value is -8.14. The van der Waals surface area contributed by atoms with E-state index in [1.54, 1.807) is 56.6 Å². The molecule has 0 bridgehead atoms. The number of hydrogen-bond donors (Lipinski definition) is 0. The summed E-state index contributed by atoms with van der Waals surface area (Å²) in [5.41, 5.74) is 5.72. The molecule has 3 aliphatic rings. The third kappa shape index (κ3) is 12.4. The Kier molecular flexibility index (Phi) is 17.7. The minimum Gasteiger partial charge on any atom is -0.372 e. The lowest BCUT2D eigenvalue weighted by molar-refractivity contribution is 0.0788. The molecule has 0 radical (unpaired) electrons. The Morgan fingerprint density at radius 1 is 0.486 bits per heavy atom. The van der Waals surface area contributed by atoms with Crippen LogP contribution in [0.25, 0.3) is 32.7 Å². The SMILES string of the molecule is C.C#Cc1ccccn1.Cl.O=c1c2ccc(Br)cc2nc2n1CCOC2.O=c1c2ccc(C#Cc3ccccn3)cc2nc2n1CCOC2.O=c1c2ccc(C#Cc3ccccn3)cc2nc2n1CCOC2. The summed E-state index contributed by atoms with van der Waals surface area (Å²) >= 11 is 3.37. The van der Waals surface area contributed by atoms with Gasteiger partial charge in [0.05, 0.1) is 72.2 Å². The molecule has 17 heteroatoms. The zero-order chi connectivity index (χ0) is 48.2. The molecule has 0 aliphatic carbocycles. The lowest BCUT2D eigenvalue weighted by Gasteiger charge is -2.18. The molecule has 72 heavy (non-hydrogen) atoms. The predicted octanol–water partition coefficient (Wildman–Crippen LogP) is 7.25. The topological polar surface area (TPSA) is 171 Å². The summed E-state index contributed by atoms with van der Waals surface area (Å²) in [5, 5.41) is 1.88. The highest BCUT2D eigenvalue weighted by atomic mass is 79.9. The summed E-state index contributed by atoms with van der Waals surface area (Å²) in [4.78, 5) is 62.8. The fourth-order valence-corrected chi connectivity index (χ4v) is 7.85. The zero-order valence-electron chi connectivity index (χ0n) is 37.8. The smallest absolute Gasteiger partial charge is 0.261 e. The van der Waals surface area contributed by atoms with Crippen LogP contribution in [0.4, 0.5) is 0 Å². The van der Waals surface area contributed by atoms with Crippen molar-refractivity contribution in [2.45, 2.75) is 46.9 Å². The summed E-state index contributed by atoms with van der Waals surface area (Å²) in [5.74, 6) is 16.6. The maximum absolute atomic E-state index is 12.5. The first-order chi connectivity index (χ1) is 34.3. The van der Waals surface area contributed by atoms with E-state index in [0.717, 1.165) is 21.1 Å². The van der Waals surface area contributed by atoms with Gasteiger partial charge in [0.25, 0.3) is 16.7 Å². The van der Waals surface area contributed by atoms with Crippen LogP contribution in [0, 0.1) is 36.0 Å². The minimum atomic E-state index is -0.0162. The van der Waals surface area contributed by atoms with Gasteiger partial charge in [0.1, 0.15) is 54.4 Å². The maximum atomic E-state index is 12.5. The van der Waals surface area contributed by atoms with Crippen molar-refractivity contribution in [2.24, 2.45) is 0 Å². The van der Waals surface area contributed by atoms with E-state index in [4.69, 9.17) is 20.6 Å². The number of aromatic nitrogens is 9. The summed E-state index contributed by atoms with van der Waals surface area (Å²) in [6.45, 7) is 4.53. The number of rotatable bonds is 0. The Morgan fingerprint density at radius 3 is 1.22 bits per heavy atom. The quantitative estimate of drug-likeness (QED) is 0.140. The third-order valence-corrected chi connectivity index (χ3v) is 11.4. The fourth-order valence-electron chi connectivity index (χ4n) is 7.50. The molecule has 9 heterocycles. The fraction of sp³-hybridized carbons (Fsp3) is 0.182. The van der Waals surface area contributed by atoms with Gasteiger partial charge in [-0.3, -0.25) is 28.1 Å². The summed E-state index contributed by atoms with van der Waals surface area (Å²) in [6.07, 6.45) is 10.1. The van der Waals surface area contributed by atoms with Gasteiger partial charge in [-0.05, 0) is 103 Å². The van der Waals surface area contributed by atoms with Crippen LogP contribution >= 0.6 is 28.3 Å². The Morgan fingerprint density at radius 2 is 0.861 bits per heavy atom. The maximum Gasteiger partial charge on any atom is 0.261 e. The van der Waals surface area contributed by atoms with Crippen molar-refractivity contribution >= 4 is 61.0 Å². The monoisotopic (exact) mass is 1040 g/mol. The van der Waals surface area contributed by atoms with Crippen LogP contribution < -0.4 is 16.7 Å². The molecule has 0 saturated heterocycles. The second kappa shape index (κ2) is 24.6. The number of ether oxygens (including phenoxy) is 3. The van der Waals surface area contributed by atoms with Crippen LogP contribution in [-0.2, 0) is 53.7 Å². The standard InChI is InChI=1S/2C18H13N3O2.C11H9BrN2O2.C7H5N.CH4.ClH/c2*22-18-15-7-5-13(4-6-14-3-1-2-8-19-14)11-16(15)20-17-12-23-10-9-21(17)18;12-7-1-2-8-9(5-7)13-10-6-16-4-3-14(10)11(8)15;1-2-7-5-3-4-6-8-7;;/h2*1-3,5,7-8,11H,9-10,12H2;1-2,5H,3-4,6H2;1,3-6H;1H4;1H. The molecule has 3 aliphatic heterocycles. The Balaban J connectivity index is 0.000000147. The molecule has 15 nitrogen and oxygen atoms in total. The first kappa shape index (κ1) is 51.7. The zero-order valence-corrected chi connectivity index (χ0v) is 40.2. The van der Waals surface area contributed by atoms with Crippen LogP contribution in [0.3, 0.4) is 0 Å². The summed E-state index contributed by atoms with van der Waals surface area (Å²) < 4.78 is 22.0. The number of nitrogens with zero attached hydrogens (tertiary/aromatic N) is 9. The summed E-state index contributed by atoms with van der Waals surface area (Å²) in [7, 11) is 0. The van der Waals surface area contributed by atoms with Crippen molar-refractivity contribution in [3.8, 4) is 36.0 Å². The molecule has 3 aromatic carbocycles. The molecule has 360 valence electrons. The molecule has 0 amide bonds. The summed E-state index contributed by atoms with van der Waals surface area (Å²) in [6, 6.07) is 33.1. The van der Waals surface area contributed by atoms with Gasteiger partial charge in [0, 0.05) is 34.2 Å². The first-order valence-electron chi connectivity index (χ1n) is 22.0. The predicted molar refractivity (Wildman–Crippen MR) is 281 cm³/mol. The van der Waals surface area contributed by atoms with E-state index in [0.29, 0.717) is 121 Å². The van der Waals surface area contributed by atoms with Crippen molar-refractivity contribution < 1.29 is 14.2 Å². The average molecular weight is 1040 g/mol. The molecular weight excluding hydrogens is 998 g/mol. The molecule has 0 saturated carbocycles. The number of pyridine rings is 3. The van der Waals surface area contributed by atoms with Crippen molar-refractivity contribution in [3.05, 3.63) is 209 Å². The van der Waals surface area contributed by atoms with Crippen LogP contribution in [0.15, 0.2) is 147 Å². The minimum absolute atomic E-state index is 0. The van der Waals surface area contributed by atoms with E-state index in [1.807, 2.05) is 84.9 Å². The largest absolute Gasteiger partial charge is 0.372 e. The average Bonchev–Trinajstić information content (AvgIpc) is 3.41. The molecule has 0 unspecified atom stereocenters. The van der Waals surface area contributed by atoms with E-state index in [9.17, 15) is 14.4 Å². The Bertz CT molecular complexity index is 3580. The highest BCUT2D eigenvalue weighted by Crippen LogP contribution is 2.18. The van der Waals surface area contributed by atoms with Crippen LogP contribution in [0.2, 0.25) is 0 Å². The number of fused-ring (bicyclic) bond motifs is 6. The molecule has 0 fully saturated rings. The van der Waals surface area contributed by atoms with Gasteiger partial charge in [-0.15, -0.1) is 18.8 Å². The van der Waals surface area contributed by atoms with Crippen LogP contribution in [0.1, 0.15) is 53.1 Å². The van der Waals surface area contributed by atoms with E-state index >= 15 is 0 Å². The van der Waals surface area contributed by atoms with Gasteiger partial charge in [-0.1, -0.05) is 59.3 Å². The number of hydrogen-bond acceptors (Lipinski definition) is 12. The van der Waals surface area contributed by atoms with E-state index in [2.05, 4.69) is 75.4 Å². The second-order valence-corrected chi connectivity index (χ2v) is 16.4. The molecule has 0 N–H and O–H groups in total. The van der Waals surface area contributed by atoms with E-state index < -0.39 is 0 Å². The molecule has 0 spiro atoms. The third-order valence-electron chi connectivity index (χ3n) is 10.9. The van der Waals surface area contributed by atoms with Crippen molar-refractivity contribution in [1.82, 2.24) is 43.6 Å². The molecular formula is C55H45BrClN9O6. The lowest BCUT2D eigenvalue weighted by Crippen LogP contribution is -2.31. The lowest BCUT2D eigenvalue weighted by atomic mass is 10.1. The van der Waals surface area contributed by atoms with Crippen molar-refractivity contribution in [1.29, 1.82) is 0 Å². The highest BCUT2D eigenvalue weighted by Gasteiger charge is 2.17. The van der Waals surface area contributed by atoms with Gasteiger partial charge >= 0.3 is 0 Å². The van der Waals surface area contributed by atoms with Gasteiger partial charge in [-0.25, -0.2) is 29.9 Å². The molecule has 6 aromatic heterocycles. The number of terminal acetylenes is 1. The highest BCUT2D eigenvalue weighted by molar-refractivity contribution is 9.10. The molecule has 12 rings (SSSR count). The van der Waals surface area contributed by atoms with Crippen LogP contribution in [-0.4, -0.2) is 63.4 Å². The van der Waals surface area contributed by atoms with Crippen molar-refractivity contribution in [2.75, 3.05) is 19.8 Å². The molecule has 9 aromatic rings. The van der Waals surface area contributed by atoms with E-state index in [1.165, 1.54) is 0 Å². The van der Waals surface area contributed by atoms with Gasteiger partial charge < -0.3 is 14.2 Å².